The van der Waals surface area contributed by atoms with Crippen molar-refractivity contribution in [2.45, 2.75) is 32.5 Å². The number of aliphatic hydroxyl groups is 2. The molecule has 19 heavy (non-hydrogen) atoms. The van der Waals surface area contributed by atoms with Crippen molar-refractivity contribution < 1.29 is 10.2 Å². The van der Waals surface area contributed by atoms with Gasteiger partial charge in [-0.15, -0.1) is 0 Å². The molecule has 0 aliphatic carbocycles. The van der Waals surface area contributed by atoms with Crippen LogP contribution in [0.3, 0.4) is 0 Å². The van der Waals surface area contributed by atoms with E-state index in [1.807, 2.05) is 11.8 Å². The first-order valence-electron chi connectivity index (χ1n) is 6.48. The minimum Gasteiger partial charge on any atom is -0.389 e. The summed E-state index contributed by atoms with van der Waals surface area (Å²) < 4.78 is 0. The molecular formula is C15H22N2O2. The topological polar surface area (TPSA) is 67.5 Å². The lowest BCUT2D eigenvalue weighted by Gasteiger charge is -2.29. The van der Waals surface area contributed by atoms with Gasteiger partial charge in [0.15, 0.2) is 0 Å². The van der Waals surface area contributed by atoms with Crippen molar-refractivity contribution >= 4 is 0 Å². The second kappa shape index (κ2) is 6.67. The minimum absolute atomic E-state index is 0.465. The van der Waals surface area contributed by atoms with E-state index >= 15 is 0 Å². The van der Waals surface area contributed by atoms with Crippen molar-refractivity contribution in [3.63, 3.8) is 0 Å². The molecule has 0 aliphatic rings. The highest BCUT2D eigenvalue weighted by molar-refractivity contribution is 5.32. The van der Waals surface area contributed by atoms with Crippen LogP contribution in [0.5, 0.6) is 0 Å². The average molecular weight is 262 g/mol. The Balaban J connectivity index is 2.66. The zero-order valence-electron chi connectivity index (χ0n) is 11.8. The van der Waals surface area contributed by atoms with Crippen LogP contribution in [0.15, 0.2) is 24.3 Å². The molecule has 1 unspecified atom stereocenters. The highest BCUT2D eigenvalue weighted by Crippen LogP contribution is 2.16. The quantitative estimate of drug-likeness (QED) is 0.818. The SMILES string of the molecule is CCN(CC(O)c1ccc(C#N)cc1)CC(C)(C)O. The van der Waals surface area contributed by atoms with Crippen LogP contribution in [0.4, 0.5) is 0 Å². The van der Waals surface area contributed by atoms with Gasteiger partial charge < -0.3 is 10.2 Å². The highest BCUT2D eigenvalue weighted by Gasteiger charge is 2.20. The molecule has 0 fully saturated rings. The molecule has 0 saturated carbocycles. The summed E-state index contributed by atoms with van der Waals surface area (Å²) in [4.78, 5) is 2.00. The fraction of sp³-hybridized carbons (Fsp3) is 0.533. The maximum absolute atomic E-state index is 10.2. The predicted molar refractivity (Wildman–Crippen MR) is 74.5 cm³/mol. The van der Waals surface area contributed by atoms with Crippen molar-refractivity contribution in [3.8, 4) is 6.07 Å². The molecule has 4 heteroatoms. The lowest BCUT2D eigenvalue weighted by molar-refractivity contribution is 0.0203. The van der Waals surface area contributed by atoms with Gasteiger partial charge in [-0.25, -0.2) is 0 Å². The van der Waals surface area contributed by atoms with Crippen molar-refractivity contribution in [1.29, 1.82) is 5.26 Å². The summed E-state index contributed by atoms with van der Waals surface area (Å²) >= 11 is 0. The largest absolute Gasteiger partial charge is 0.389 e. The Morgan fingerprint density at radius 1 is 1.32 bits per heavy atom. The van der Waals surface area contributed by atoms with Crippen LogP contribution in [0.25, 0.3) is 0 Å². The molecule has 2 N–H and O–H groups in total. The fourth-order valence-corrected chi connectivity index (χ4v) is 1.98. The van der Waals surface area contributed by atoms with Gasteiger partial charge >= 0.3 is 0 Å². The summed E-state index contributed by atoms with van der Waals surface area (Å²) in [5, 5.41) is 28.7. The second-order valence-corrected chi connectivity index (χ2v) is 5.39. The third kappa shape index (κ3) is 5.39. The Hall–Kier alpha value is -1.41. The van der Waals surface area contributed by atoms with Crippen molar-refractivity contribution in [1.82, 2.24) is 4.90 Å². The molecule has 0 radical (unpaired) electrons. The van der Waals surface area contributed by atoms with E-state index < -0.39 is 11.7 Å². The van der Waals surface area contributed by atoms with E-state index in [0.29, 0.717) is 18.7 Å². The van der Waals surface area contributed by atoms with Gasteiger partial charge in [-0.05, 0) is 38.1 Å². The van der Waals surface area contributed by atoms with Crippen molar-refractivity contribution in [2.75, 3.05) is 19.6 Å². The van der Waals surface area contributed by atoms with Crippen LogP contribution in [-0.2, 0) is 0 Å². The molecule has 1 aromatic carbocycles. The Kier molecular flexibility index (Phi) is 5.49. The zero-order chi connectivity index (χ0) is 14.5. The smallest absolute Gasteiger partial charge is 0.0991 e. The molecule has 4 nitrogen and oxygen atoms in total. The Morgan fingerprint density at radius 3 is 2.32 bits per heavy atom. The van der Waals surface area contributed by atoms with Crippen molar-refractivity contribution in [2.24, 2.45) is 0 Å². The van der Waals surface area contributed by atoms with Crippen LogP contribution in [0.1, 0.15) is 38.0 Å². The van der Waals surface area contributed by atoms with Crippen molar-refractivity contribution in [3.05, 3.63) is 35.4 Å². The molecule has 1 atom stereocenters. The number of aliphatic hydroxyl groups excluding tert-OH is 1. The first-order valence-corrected chi connectivity index (χ1v) is 6.48. The Bertz CT molecular complexity index is 429. The van der Waals surface area contributed by atoms with Crippen LogP contribution >= 0.6 is 0 Å². The van der Waals surface area contributed by atoms with E-state index in [9.17, 15) is 10.2 Å². The first-order chi connectivity index (χ1) is 8.85. The van der Waals surface area contributed by atoms with Gasteiger partial charge in [0, 0.05) is 13.1 Å². The van der Waals surface area contributed by atoms with E-state index in [4.69, 9.17) is 5.26 Å². The maximum atomic E-state index is 10.2. The van der Waals surface area contributed by atoms with Gasteiger partial charge in [-0.3, -0.25) is 4.90 Å². The lowest BCUT2D eigenvalue weighted by atomic mass is 10.1. The molecule has 0 bridgehead atoms. The maximum Gasteiger partial charge on any atom is 0.0991 e. The molecular weight excluding hydrogens is 240 g/mol. The molecule has 0 aromatic heterocycles. The van der Waals surface area contributed by atoms with Crippen LogP contribution in [0, 0.1) is 11.3 Å². The lowest BCUT2D eigenvalue weighted by Crippen LogP contribution is -2.40. The molecule has 0 saturated heterocycles. The summed E-state index contributed by atoms with van der Waals surface area (Å²) in [5.41, 5.74) is 0.591. The van der Waals surface area contributed by atoms with Gasteiger partial charge in [0.1, 0.15) is 0 Å². The van der Waals surface area contributed by atoms with Gasteiger partial charge in [0.05, 0.1) is 23.3 Å². The number of likely N-dealkylation sites (N-methyl/N-ethyl adjacent to an activating group) is 1. The molecule has 1 aromatic rings. The summed E-state index contributed by atoms with van der Waals surface area (Å²) in [6.07, 6.45) is -0.616. The normalized spacial score (nSPS) is 13.3. The summed E-state index contributed by atoms with van der Waals surface area (Å²) in [7, 11) is 0. The standard InChI is InChI=1S/C15H22N2O2/c1-4-17(11-15(2,3)19)10-14(18)13-7-5-12(9-16)6-8-13/h5-8,14,18-19H,4,10-11H2,1-3H3. The van der Waals surface area contributed by atoms with E-state index in [0.717, 1.165) is 12.1 Å². The highest BCUT2D eigenvalue weighted by atomic mass is 16.3. The molecule has 0 heterocycles. The Morgan fingerprint density at radius 2 is 1.89 bits per heavy atom. The monoisotopic (exact) mass is 262 g/mol. The first kappa shape index (κ1) is 15.6. The second-order valence-electron chi connectivity index (χ2n) is 5.39. The average Bonchev–Trinajstić information content (AvgIpc) is 2.36. The number of rotatable bonds is 6. The third-order valence-corrected chi connectivity index (χ3v) is 2.91. The number of hydrogen-bond donors (Lipinski definition) is 2. The van der Waals surface area contributed by atoms with E-state index in [2.05, 4.69) is 6.07 Å². The number of nitrogens with zero attached hydrogens (tertiary/aromatic N) is 2. The Labute approximate surface area is 114 Å². The number of hydrogen-bond acceptors (Lipinski definition) is 4. The van der Waals surface area contributed by atoms with Gasteiger partial charge in [-0.2, -0.15) is 5.26 Å². The van der Waals surface area contributed by atoms with E-state index in [-0.39, 0.29) is 0 Å². The number of benzene rings is 1. The molecule has 1 rings (SSSR count). The van der Waals surface area contributed by atoms with Crippen LogP contribution in [-0.4, -0.2) is 40.3 Å². The van der Waals surface area contributed by atoms with E-state index in [1.54, 1.807) is 38.1 Å². The fourth-order valence-electron chi connectivity index (χ4n) is 1.98. The van der Waals surface area contributed by atoms with E-state index in [1.165, 1.54) is 0 Å². The van der Waals surface area contributed by atoms with Gasteiger partial charge in [-0.1, -0.05) is 19.1 Å². The zero-order valence-corrected chi connectivity index (χ0v) is 11.8. The predicted octanol–water partition coefficient (Wildman–Crippen LogP) is 1.68. The number of nitriles is 1. The molecule has 0 aliphatic heterocycles. The van der Waals surface area contributed by atoms with Crippen LogP contribution in [0.2, 0.25) is 0 Å². The third-order valence-electron chi connectivity index (χ3n) is 2.91. The summed E-state index contributed by atoms with van der Waals surface area (Å²) in [5.74, 6) is 0. The molecule has 104 valence electrons. The van der Waals surface area contributed by atoms with Gasteiger partial charge in [0.2, 0.25) is 0 Å². The van der Waals surface area contributed by atoms with Crippen LogP contribution < -0.4 is 0 Å². The molecule has 0 amide bonds. The summed E-state index contributed by atoms with van der Waals surface area (Å²) in [6.45, 7) is 7.24. The minimum atomic E-state index is -0.777. The molecule has 0 spiro atoms. The van der Waals surface area contributed by atoms with Gasteiger partial charge in [0.25, 0.3) is 0 Å². The summed E-state index contributed by atoms with van der Waals surface area (Å²) in [6, 6.07) is 8.98.